The number of aromatic nitrogens is 2. The Bertz CT molecular complexity index is 3200. The van der Waals surface area contributed by atoms with Crippen molar-refractivity contribution < 1.29 is 38.5 Å². The second kappa shape index (κ2) is 21.1. The number of hydrogen-bond donors (Lipinski definition) is 1. The van der Waals surface area contributed by atoms with Gasteiger partial charge >= 0.3 is 18.0 Å². The number of carbonyl (C=O) groups is 4. The number of anilines is 1. The van der Waals surface area contributed by atoms with Crippen LogP contribution in [0.25, 0.3) is 22.3 Å². The third-order valence-electron chi connectivity index (χ3n) is 19.2. The summed E-state index contributed by atoms with van der Waals surface area (Å²) in [7, 11) is 6.12. The summed E-state index contributed by atoms with van der Waals surface area (Å²) in [6, 6.07) is 16.7. The lowest BCUT2D eigenvalue weighted by Gasteiger charge is -2.52. The summed E-state index contributed by atoms with van der Waals surface area (Å²) in [5.74, 6) is 0.960. The lowest BCUT2D eigenvalue weighted by Crippen LogP contribution is -2.58. The van der Waals surface area contributed by atoms with Crippen LogP contribution in [-0.4, -0.2) is 119 Å². The molecule has 1 saturated heterocycles. The van der Waals surface area contributed by atoms with Gasteiger partial charge in [-0.15, -0.1) is 0 Å². The Morgan fingerprint density at radius 1 is 0.923 bits per heavy atom. The number of ether oxygens (including phenoxy) is 3. The molecule has 0 bridgehead atoms. The summed E-state index contributed by atoms with van der Waals surface area (Å²) in [5.41, 5.74) is 8.55. The van der Waals surface area contributed by atoms with Crippen molar-refractivity contribution in [3.8, 4) is 17.1 Å². The molecule has 4 aromatic rings. The van der Waals surface area contributed by atoms with E-state index in [1.165, 1.54) is 22.4 Å². The quantitative estimate of drug-likeness (QED) is 0.0827. The highest BCUT2D eigenvalue weighted by Gasteiger charge is 2.58. The Balaban J connectivity index is 0.685. The predicted octanol–water partition coefficient (Wildman–Crippen LogP) is 9.56. The van der Waals surface area contributed by atoms with E-state index in [9.17, 15) is 29.1 Å². The van der Waals surface area contributed by atoms with E-state index >= 15 is 0 Å². The van der Waals surface area contributed by atoms with Gasteiger partial charge in [-0.1, -0.05) is 44.4 Å². The molecule has 1 amide bonds. The van der Waals surface area contributed by atoms with Crippen molar-refractivity contribution in [1.29, 1.82) is 0 Å². The number of pyridine rings is 2. The number of benzene rings is 2. The molecule has 7 aliphatic rings. The lowest BCUT2D eigenvalue weighted by atomic mass is 9.53. The van der Waals surface area contributed by atoms with Gasteiger partial charge in [-0.05, 0) is 163 Å². The maximum absolute atomic E-state index is 14.1. The Labute approximate surface area is 458 Å². The number of hydrogen-bond acceptors (Lipinski definition) is 13. The minimum atomic E-state index is -1.91. The van der Waals surface area contributed by atoms with Gasteiger partial charge in [-0.2, -0.15) is 0 Å². The van der Waals surface area contributed by atoms with Crippen LogP contribution in [0.5, 0.6) is 5.75 Å². The first kappa shape index (κ1) is 53.8. The van der Waals surface area contributed by atoms with Gasteiger partial charge in [-0.25, -0.2) is 14.6 Å². The van der Waals surface area contributed by atoms with Crippen LogP contribution in [0.2, 0.25) is 0 Å². The molecule has 414 valence electrons. The van der Waals surface area contributed by atoms with Gasteiger partial charge in [0.15, 0.2) is 11.4 Å². The van der Waals surface area contributed by atoms with E-state index in [4.69, 9.17) is 19.2 Å². The second-order valence-electron chi connectivity index (χ2n) is 24.3. The normalized spacial score (nSPS) is 27.4. The number of nitrogens with zero attached hydrogens (tertiary/aromatic N) is 6. The van der Waals surface area contributed by atoms with Crippen LogP contribution in [0.4, 0.5) is 10.5 Å². The molecule has 4 aliphatic carbocycles. The average molecular weight is 1060 g/mol. The number of fused-ring (bicyclic) bond motifs is 9. The van der Waals surface area contributed by atoms with Crippen molar-refractivity contribution in [2.45, 2.75) is 161 Å². The number of amides is 1. The van der Waals surface area contributed by atoms with Gasteiger partial charge in [0.25, 0.3) is 5.56 Å². The standard InChI is InChI=1S/C63H78N6O9/c1-9-63(75)52-30-54-58-42(34-69(54)59(72)50(52)36-76-60(63)73)29-47-49(35-65(6)7)55(24-23-53(47)64-58)78-61(74)68-33-37(2)67(32-38(68)3)27-13-11-10-12-26-66(8)43-17-14-40(15-18-43)48-31-62(5)51(22-25-56(62)77-39(4)70)46-20-16-41-28-44(71)19-21-45(41)57(46)48/h14-15,17-18,23-24,28-30,37-38,46,48,51,56,75H,9-13,16,19-22,25-27,31-36H2,1-8H3/t37-,38+,46-,48+,51-,56+,62-,63-/m0/s1. The van der Waals surface area contributed by atoms with Crippen LogP contribution < -0.4 is 15.2 Å². The van der Waals surface area contributed by atoms with E-state index in [0.29, 0.717) is 54.0 Å². The van der Waals surface area contributed by atoms with E-state index in [-0.39, 0.29) is 83.6 Å². The van der Waals surface area contributed by atoms with E-state index in [0.717, 1.165) is 100 Å². The van der Waals surface area contributed by atoms with E-state index in [1.807, 2.05) is 42.1 Å². The number of carbonyl (C=O) groups excluding carboxylic acids is 4. The predicted molar refractivity (Wildman–Crippen MR) is 299 cm³/mol. The van der Waals surface area contributed by atoms with Crippen molar-refractivity contribution in [2.24, 2.45) is 17.3 Å². The van der Waals surface area contributed by atoms with Gasteiger partial charge in [0, 0.05) is 97.8 Å². The average Bonchev–Trinajstić information content (AvgIpc) is 4.12. The fourth-order valence-corrected chi connectivity index (χ4v) is 15.0. The van der Waals surface area contributed by atoms with E-state index in [1.54, 1.807) is 36.1 Å². The van der Waals surface area contributed by atoms with E-state index in [2.05, 4.69) is 61.9 Å². The summed E-state index contributed by atoms with van der Waals surface area (Å²) in [6.45, 7) is 13.7. The number of rotatable bonds is 14. The molecule has 0 radical (unpaired) electrons. The molecule has 11 rings (SSSR count). The van der Waals surface area contributed by atoms with Crippen molar-refractivity contribution in [2.75, 3.05) is 52.2 Å². The maximum atomic E-state index is 14.1. The molecule has 3 aliphatic heterocycles. The van der Waals surface area contributed by atoms with Crippen LogP contribution in [0.3, 0.4) is 0 Å². The highest BCUT2D eigenvalue weighted by Crippen LogP contribution is 2.64. The molecule has 3 fully saturated rings. The summed E-state index contributed by atoms with van der Waals surface area (Å²) in [4.78, 5) is 79.3. The highest BCUT2D eigenvalue weighted by atomic mass is 16.6. The maximum Gasteiger partial charge on any atom is 0.415 e. The van der Waals surface area contributed by atoms with Crippen LogP contribution in [0, 0.1) is 17.3 Å². The molecule has 5 heterocycles. The fourth-order valence-electron chi connectivity index (χ4n) is 15.0. The Morgan fingerprint density at radius 3 is 2.46 bits per heavy atom. The van der Waals surface area contributed by atoms with Gasteiger partial charge in [0.1, 0.15) is 18.5 Å². The zero-order valence-electron chi connectivity index (χ0n) is 47.0. The Kier molecular flexibility index (Phi) is 14.6. The molecule has 15 heteroatoms. The molecule has 0 spiro atoms. The summed E-state index contributed by atoms with van der Waals surface area (Å²) in [5, 5.41) is 12.2. The summed E-state index contributed by atoms with van der Waals surface area (Å²) < 4.78 is 19.2. The third-order valence-corrected chi connectivity index (χ3v) is 19.2. The highest BCUT2D eigenvalue weighted by molar-refractivity contribution is 5.93. The smallest absolute Gasteiger partial charge is 0.415 e. The van der Waals surface area contributed by atoms with Crippen molar-refractivity contribution in [1.82, 2.24) is 24.3 Å². The summed E-state index contributed by atoms with van der Waals surface area (Å²) >= 11 is 0. The zero-order chi connectivity index (χ0) is 54.9. The van der Waals surface area contributed by atoms with Crippen molar-refractivity contribution in [3.05, 3.63) is 109 Å². The fraction of sp³-hybridized carbons (Fsp3) is 0.556. The molecular weight excluding hydrogens is 985 g/mol. The number of allylic oxidation sites excluding steroid dienone is 4. The van der Waals surface area contributed by atoms with Crippen molar-refractivity contribution >= 4 is 40.4 Å². The van der Waals surface area contributed by atoms with Gasteiger partial charge in [0.2, 0.25) is 0 Å². The number of unbranched alkanes of at least 4 members (excludes halogenated alkanes) is 3. The molecule has 2 aromatic carbocycles. The number of piperazine rings is 1. The molecule has 0 unspecified atom stereocenters. The van der Waals surface area contributed by atoms with Crippen LogP contribution in [0.15, 0.2) is 76.1 Å². The van der Waals surface area contributed by atoms with Crippen LogP contribution >= 0.6 is 0 Å². The zero-order valence-corrected chi connectivity index (χ0v) is 47.0. The lowest BCUT2D eigenvalue weighted by molar-refractivity contribution is -0.172. The molecule has 15 nitrogen and oxygen atoms in total. The second-order valence-corrected chi connectivity index (χ2v) is 24.3. The first-order valence-corrected chi connectivity index (χ1v) is 28.8. The van der Waals surface area contributed by atoms with Crippen molar-refractivity contribution in [3.63, 3.8) is 0 Å². The van der Waals surface area contributed by atoms with Crippen LogP contribution in [0.1, 0.15) is 145 Å². The molecular formula is C63H78N6O9. The van der Waals surface area contributed by atoms with Gasteiger partial charge < -0.3 is 38.6 Å². The molecule has 1 N–H and O–H groups in total. The minimum absolute atomic E-state index is 0.0442. The largest absolute Gasteiger partial charge is 0.462 e. The number of cyclic esters (lactones) is 1. The molecule has 8 atom stereocenters. The first-order chi connectivity index (χ1) is 37.4. The van der Waals surface area contributed by atoms with Gasteiger partial charge in [-0.3, -0.25) is 19.3 Å². The molecule has 78 heavy (non-hydrogen) atoms. The van der Waals surface area contributed by atoms with Crippen LogP contribution in [-0.2, 0) is 49.2 Å². The number of esters is 2. The Morgan fingerprint density at radius 2 is 1.71 bits per heavy atom. The van der Waals surface area contributed by atoms with E-state index < -0.39 is 11.6 Å². The first-order valence-electron chi connectivity index (χ1n) is 28.8. The minimum Gasteiger partial charge on any atom is -0.462 e. The molecule has 2 aromatic heterocycles. The SMILES string of the molecule is CC[C@@]1(O)C(=O)OCc2c1cc1n(c2=O)Cc2cc3c(CN(C)C)c(OC(=O)N4C[C@H](C)N(CCCCCCN(C)c5ccc([C@H]6C[C@]7(C)[C@H](OC(C)=O)CC[C@H]7[C@@H]7CCC8=CC(=O)CCC8=C76)cc5)C[C@H]4C)ccc3nc2-1. The third kappa shape index (κ3) is 9.58. The topological polar surface area (TPSA) is 164 Å². The number of aliphatic hydroxyl groups is 1. The Hall–Kier alpha value is -6.16. The summed E-state index contributed by atoms with van der Waals surface area (Å²) in [6.07, 6.45) is 12.4. The number of ketones is 1. The molecule has 2 saturated carbocycles. The van der Waals surface area contributed by atoms with Gasteiger partial charge in [0.05, 0.1) is 29.0 Å². The monoisotopic (exact) mass is 1060 g/mol.